The van der Waals surface area contributed by atoms with Crippen LogP contribution in [-0.4, -0.2) is 116 Å². The number of rotatable bonds is 6. The maximum absolute atomic E-state index is 13.0. The minimum absolute atomic E-state index is 0.0291. The molecule has 0 aromatic rings. The molecule has 0 spiro atoms. The molecule has 4 saturated carbocycles. The minimum Gasteiger partial charge on any atom is -0.481 e. The van der Waals surface area contributed by atoms with Crippen molar-refractivity contribution in [1.29, 1.82) is 0 Å². The highest BCUT2D eigenvalue weighted by molar-refractivity contribution is 5.76. The standard InChI is InChI=1S/C41H64O13/c1-36(2)14-16-41(35(49)50)17-15-39(6)20(21(41)18-36)8-9-24-38(5)12-11-25(37(3,4)23(38)10-13-40(24,39)7)52-34-29(46)27(44)30(31(54-34)32(47)48)53-33-28(45)26(43)22(42)19-51-33/h8,21-31,33-34,42-46H,9-19H2,1-7H3,(H,47,48)(H,49,50)/t21?,22-,23?,24?,25+,26+,27-,28-,29-,30+,31+,33+,34-,38+,39-,40-,41+/m1/s1. The molecule has 13 nitrogen and oxygen atoms in total. The van der Waals surface area contributed by atoms with Crippen LogP contribution < -0.4 is 0 Å². The lowest BCUT2D eigenvalue weighted by atomic mass is 9.33. The van der Waals surface area contributed by atoms with Crippen molar-refractivity contribution in [2.45, 2.75) is 174 Å². The lowest BCUT2D eigenvalue weighted by Crippen LogP contribution is -2.66. The molecule has 3 unspecified atom stereocenters. The number of carbonyl (C=O) groups is 2. The molecule has 13 heteroatoms. The topological polar surface area (TPSA) is 213 Å². The number of aliphatic hydroxyl groups is 5. The summed E-state index contributed by atoms with van der Waals surface area (Å²) >= 11 is 0. The van der Waals surface area contributed by atoms with Gasteiger partial charge in [-0.15, -0.1) is 0 Å². The Balaban J connectivity index is 1.10. The van der Waals surface area contributed by atoms with Gasteiger partial charge < -0.3 is 54.7 Å². The van der Waals surface area contributed by atoms with E-state index in [2.05, 4.69) is 54.5 Å². The second-order valence-corrected chi connectivity index (χ2v) is 20.3. The highest BCUT2D eigenvalue weighted by Gasteiger charge is 2.69. The molecule has 0 aromatic carbocycles. The van der Waals surface area contributed by atoms with Gasteiger partial charge in [-0.1, -0.05) is 60.1 Å². The molecular weight excluding hydrogens is 700 g/mol. The number of carboxylic acid groups (broad SMARTS) is 2. The number of hydrogen-bond acceptors (Lipinski definition) is 11. The second kappa shape index (κ2) is 13.4. The Morgan fingerprint density at radius 3 is 2.09 bits per heavy atom. The summed E-state index contributed by atoms with van der Waals surface area (Å²) < 4.78 is 23.2. The average Bonchev–Trinajstić information content (AvgIpc) is 3.08. The summed E-state index contributed by atoms with van der Waals surface area (Å²) in [6.07, 6.45) is -4.32. The Morgan fingerprint density at radius 1 is 0.759 bits per heavy atom. The van der Waals surface area contributed by atoms with Gasteiger partial charge in [0, 0.05) is 0 Å². The number of aliphatic carboxylic acids is 2. The lowest BCUT2D eigenvalue weighted by molar-refractivity contribution is -0.354. The molecule has 7 aliphatic rings. The van der Waals surface area contributed by atoms with Crippen LogP contribution in [0.1, 0.15) is 113 Å². The van der Waals surface area contributed by atoms with Gasteiger partial charge in [0.15, 0.2) is 18.7 Å². The van der Waals surface area contributed by atoms with Crippen molar-refractivity contribution < 1.29 is 64.3 Å². The van der Waals surface area contributed by atoms with Gasteiger partial charge in [0.2, 0.25) is 0 Å². The zero-order chi connectivity index (χ0) is 39.6. The summed E-state index contributed by atoms with van der Waals surface area (Å²) in [7, 11) is 0. The Bertz CT molecular complexity index is 1510. The number of fused-ring (bicyclic) bond motifs is 7. The molecule has 2 saturated heterocycles. The molecule has 6 fully saturated rings. The highest BCUT2D eigenvalue weighted by Crippen LogP contribution is 2.76. The van der Waals surface area contributed by atoms with Crippen molar-refractivity contribution in [3.63, 3.8) is 0 Å². The molecule has 2 aliphatic heterocycles. The quantitative estimate of drug-likeness (QED) is 0.152. The molecule has 54 heavy (non-hydrogen) atoms. The van der Waals surface area contributed by atoms with Crippen molar-refractivity contribution in [3.05, 3.63) is 11.6 Å². The van der Waals surface area contributed by atoms with E-state index in [4.69, 9.17) is 18.9 Å². The van der Waals surface area contributed by atoms with Crippen LogP contribution in [0.3, 0.4) is 0 Å². The van der Waals surface area contributed by atoms with Crippen molar-refractivity contribution in [2.24, 2.45) is 50.2 Å². The Hall–Kier alpha value is -1.68. The third-order valence-electron chi connectivity index (χ3n) is 16.8. The monoisotopic (exact) mass is 764 g/mol. The predicted molar refractivity (Wildman–Crippen MR) is 192 cm³/mol. The molecule has 17 atom stereocenters. The first kappa shape index (κ1) is 40.5. The molecule has 0 bridgehead atoms. The molecule has 306 valence electrons. The first-order chi connectivity index (χ1) is 25.0. The lowest BCUT2D eigenvalue weighted by Gasteiger charge is -2.71. The van der Waals surface area contributed by atoms with Gasteiger partial charge in [0.05, 0.1) is 18.1 Å². The fourth-order valence-corrected chi connectivity index (χ4v) is 13.4. The van der Waals surface area contributed by atoms with E-state index in [1.54, 1.807) is 0 Å². The van der Waals surface area contributed by atoms with E-state index in [1.807, 2.05) is 0 Å². The number of ether oxygens (including phenoxy) is 4. The molecular formula is C41H64O13. The first-order valence-corrected chi connectivity index (χ1v) is 20.2. The van der Waals surface area contributed by atoms with Crippen molar-refractivity contribution in [3.8, 4) is 0 Å². The van der Waals surface area contributed by atoms with Crippen molar-refractivity contribution in [2.75, 3.05) is 6.61 Å². The van der Waals surface area contributed by atoms with Crippen LogP contribution in [0.4, 0.5) is 0 Å². The van der Waals surface area contributed by atoms with Crippen LogP contribution in [0.2, 0.25) is 0 Å². The Labute approximate surface area is 318 Å². The molecule has 0 radical (unpaired) electrons. The van der Waals surface area contributed by atoms with E-state index in [1.165, 1.54) is 5.57 Å². The molecule has 7 rings (SSSR count). The summed E-state index contributed by atoms with van der Waals surface area (Å²) in [4.78, 5) is 25.4. The maximum atomic E-state index is 13.0. The number of hydrogen-bond donors (Lipinski definition) is 7. The molecule has 2 heterocycles. The summed E-state index contributed by atoms with van der Waals surface area (Å²) in [6, 6.07) is 0. The zero-order valence-corrected chi connectivity index (χ0v) is 32.9. The van der Waals surface area contributed by atoms with Gasteiger partial charge in [-0.05, 0) is 109 Å². The highest BCUT2D eigenvalue weighted by atomic mass is 16.7. The van der Waals surface area contributed by atoms with Crippen molar-refractivity contribution in [1.82, 2.24) is 0 Å². The summed E-state index contributed by atoms with van der Waals surface area (Å²) in [5.41, 5.74) is 0.156. The minimum atomic E-state index is -1.80. The number of carboxylic acids is 2. The Morgan fingerprint density at radius 2 is 1.43 bits per heavy atom. The summed E-state index contributed by atoms with van der Waals surface area (Å²) in [6.45, 7) is 15.9. The van der Waals surface area contributed by atoms with Gasteiger partial charge in [-0.3, -0.25) is 4.79 Å². The molecule has 0 aromatic heterocycles. The second-order valence-electron chi connectivity index (χ2n) is 20.3. The van der Waals surface area contributed by atoms with E-state index in [0.29, 0.717) is 18.8 Å². The fourth-order valence-electron chi connectivity index (χ4n) is 13.4. The van der Waals surface area contributed by atoms with Gasteiger partial charge in [-0.25, -0.2) is 4.79 Å². The smallest absolute Gasteiger partial charge is 0.335 e. The zero-order valence-electron chi connectivity index (χ0n) is 32.9. The van der Waals surface area contributed by atoms with Crippen LogP contribution in [0.5, 0.6) is 0 Å². The third-order valence-corrected chi connectivity index (χ3v) is 16.8. The molecule has 5 aliphatic carbocycles. The molecule has 0 amide bonds. The Kier molecular flexibility index (Phi) is 10.1. The predicted octanol–water partition coefficient (Wildman–Crippen LogP) is 3.61. The number of allylic oxidation sites excluding steroid dienone is 2. The van der Waals surface area contributed by atoms with Gasteiger partial charge >= 0.3 is 11.9 Å². The van der Waals surface area contributed by atoms with Gasteiger partial charge in [0.1, 0.15) is 36.6 Å². The van der Waals surface area contributed by atoms with E-state index < -0.39 is 90.8 Å². The first-order valence-electron chi connectivity index (χ1n) is 20.2. The van der Waals surface area contributed by atoms with Crippen molar-refractivity contribution >= 4 is 11.9 Å². The van der Waals surface area contributed by atoms with E-state index in [0.717, 1.165) is 51.4 Å². The van der Waals surface area contributed by atoms with Crippen LogP contribution in [0.15, 0.2) is 11.6 Å². The SMILES string of the molecule is CC1(C)CC[C@]2(C(=O)O)CC[C@]3(C)C(=CCC4[C@@]5(C)CC[C@H](O[C@@H]6O[C@H](C(=O)O)[C@@H](O[C@@H]7OC[C@@H](O)[C@H](O)[C@H]7O)[C@H](O)[C@H]6O)C(C)(C)C5CC[C@]43C)C2C1. The van der Waals surface area contributed by atoms with Crippen LogP contribution in [0.25, 0.3) is 0 Å². The van der Waals surface area contributed by atoms with Gasteiger partial charge in [0.25, 0.3) is 0 Å². The van der Waals surface area contributed by atoms with Crippen LogP contribution in [-0.2, 0) is 28.5 Å². The average molecular weight is 765 g/mol. The fraction of sp³-hybridized carbons (Fsp3) is 0.902. The van der Waals surface area contributed by atoms with Gasteiger partial charge in [-0.2, -0.15) is 0 Å². The largest absolute Gasteiger partial charge is 0.481 e. The van der Waals surface area contributed by atoms with Crippen LogP contribution >= 0.6 is 0 Å². The maximum Gasteiger partial charge on any atom is 0.335 e. The summed E-state index contributed by atoms with van der Waals surface area (Å²) in [5, 5.41) is 73.5. The third kappa shape index (κ3) is 5.88. The van der Waals surface area contributed by atoms with E-state index >= 15 is 0 Å². The van der Waals surface area contributed by atoms with E-state index in [9.17, 15) is 45.3 Å². The van der Waals surface area contributed by atoms with Crippen LogP contribution in [0, 0.1) is 50.2 Å². The molecule has 7 N–H and O–H groups in total. The normalized spacial score (nSPS) is 52.4. The summed E-state index contributed by atoms with van der Waals surface area (Å²) in [5.74, 6) is -1.50. The van der Waals surface area contributed by atoms with E-state index in [-0.39, 0.29) is 33.5 Å². The number of aliphatic hydroxyl groups excluding tert-OH is 5.